The molecular formula is C15H23NO4. The predicted molar refractivity (Wildman–Crippen MR) is 77.4 cm³/mol. The molecule has 0 aliphatic heterocycles. The summed E-state index contributed by atoms with van der Waals surface area (Å²) in [7, 11) is 3.06. The number of methoxy groups -OCH3 is 2. The zero-order valence-electron chi connectivity index (χ0n) is 12.8. The molecule has 0 fully saturated rings. The minimum Gasteiger partial charge on any atom is -0.497 e. The second kappa shape index (κ2) is 6.61. The van der Waals surface area contributed by atoms with Gasteiger partial charge in [0.25, 0.3) is 5.91 Å². The number of benzene rings is 1. The molecule has 0 aliphatic rings. The Morgan fingerprint density at radius 2 is 1.95 bits per heavy atom. The third-order valence-electron chi connectivity index (χ3n) is 2.88. The van der Waals surface area contributed by atoms with E-state index >= 15 is 0 Å². The molecule has 0 bridgehead atoms. The molecule has 1 rings (SSSR count). The van der Waals surface area contributed by atoms with Gasteiger partial charge in [-0.15, -0.1) is 0 Å². The van der Waals surface area contributed by atoms with Crippen LogP contribution in [0.5, 0.6) is 11.5 Å². The first-order chi connectivity index (χ1) is 9.32. The first-order valence-electron chi connectivity index (χ1n) is 6.56. The molecule has 0 atom stereocenters. The molecule has 1 aromatic carbocycles. The lowest BCUT2D eigenvalue weighted by Gasteiger charge is -2.28. The van der Waals surface area contributed by atoms with E-state index in [4.69, 9.17) is 9.47 Å². The third kappa shape index (κ3) is 4.13. The minimum absolute atomic E-state index is 0.189. The summed E-state index contributed by atoms with van der Waals surface area (Å²) >= 11 is 0. The number of carbonyl (C=O) groups excluding carboxylic acids is 1. The number of aliphatic hydroxyl groups is 1. The van der Waals surface area contributed by atoms with Crippen molar-refractivity contribution in [1.82, 2.24) is 4.90 Å². The lowest BCUT2D eigenvalue weighted by atomic mass is 10.1. The molecule has 1 aromatic rings. The molecule has 0 aliphatic carbocycles. The van der Waals surface area contributed by atoms with Crippen molar-refractivity contribution in [2.75, 3.05) is 27.3 Å². The van der Waals surface area contributed by atoms with Gasteiger partial charge >= 0.3 is 0 Å². The Morgan fingerprint density at radius 1 is 1.30 bits per heavy atom. The number of likely N-dealkylation sites (N-methyl/N-ethyl adjacent to an activating group) is 1. The predicted octanol–water partition coefficient (Wildman–Crippen LogP) is 1.94. The lowest BCUT2D eigenvalue weighted by Crippen LogP contribution is -2.42. The van der Waals surface area contributed by atoms with E-state index in [2.05, 4.69) is 0 Å². The molecule has 5 heteroatoms. The van der Waals surface area contributed by atoms with E-state index in [0.717, 1.165) is 0 Å². The third-order valence-corrected chi connectivity index (χ3v) is 2.88. The number of hydrogen-bond donors (Lipinski definition) is 1. The summed E-state index contributed by atoms with van der Waals surface area (Å²) in [6.07, 6.45) is 0. The van der Waals surface area contributed by atoms with Gasteiger partial charge in [0.05, 0.1) is 25.4 Å². The van der Waals surface area contributed by atoms with Gasteiger partial charge in [-0.25, -0.2) is 0 Å². The maximum atomic E-state index is 12.6. The standard InChI is InChI=1S/C15H23NO4/c1-6-16(10-15(2,3)18)14(17)12-9-11(19-4)7-8-13(12)20-5/h7-9,18H,6,10H2,1-5H3. The molecule has 0 unspecified atom stereocenters. The molecule has 1 N–H and O–H groups in total. The summed E-state index contributed by atoms with van der Waals surface area (Å²) in [6.45, 7) is 5.97. The number of hydrogen-bond acceptors (Lipinski definition) is 4. The van der Waals surface area contributed by atoms with Gasteiger partial charge in [-0.1, -0.05) is 0 Å². The summed E-state index contributed by atoms with van der Waals surface area (Å²) in [4.78, 5) is 14.2. The monoisotopic (exact) mass is 281 g/mol. The van der Waals surface area contributed by atoms with E-state index in [-0.39, 0.29) is 12.5 Å². The molecule has 5 nitrogen and oxygen atoms in total. The molecule has 20 heavy (non-hydrogen) atoms. The van der Waals surface area contributed by atoms with Gasteiger partial charge in [-0.05, 0) is 39.0 Å². The second-order valence-electron chi connectivity index (χ2n) is 5.20. The molecular weight excluding hydrogens is 258 g/mol. The van der Waals surface area contributed by atoms with Crippen LogP contribution in [0.15, 0.2) is 18.2 Å². The van der Waals surface area contributed by atoms with Crippen LogP contribution in [0.25, 0.3) is 0 Å². The zero-order chi connectivity index (χ0) is 15.3. The fourth-order valence-corrected chi connectivity index (χ4v) is 1.95. The van der Waals surface area contributed by atoms with Crippen LogP contribution in [0.3, 0.4) is 0 Å². The maximum absolute atomic E-state index is 12.6. The molecule has 112 valence electrons. The topological polar surface area (TPSA) is 59.0 Å². The fourth-order valence-electron chi connectivity index (χ4n) is 1.95. The van der Waals surface area contributed by atoms with Gasteiger partial charge in [-0.3, -0.25) is 4.79 Å². The van der Waals surface area contributed by atoms with Crippen molar-refractivity contribution in [3.05, 3.63) is 23.8 Å². The van der Waals surface area contributed by atoms with E-state index in [1.807, 2.05) is 6.92 Å². The van der Waals surface area contributed by atoms with E-state index in [0.29, 0.717) is 23.6 Å². The Bertz CT molecular complexity index is 465. The molecule has 0 heterocycles. The van der Waals surface area contributed by atoms with Crippen molar-refractivity contribution in [2.24, 2.45) is 0 Å². The lowest BCUT2D eigenvalue weighted by molar-refractivity contribution is 0.0313. The van der Waals surface area contributed by atoms with E-state index in [1.165, 1.54) is 7.11 Å². The van der Waals surface area contributed by atoms with Crippen molar-refractivity contribution in [1.29, 1.82) is 0 Å². The summed E-state index contributed by atoms with van der Waals surface area (Å²) in [5.41, 5.74) is -0.518. The molecule has 0 spiro atoms. The van der Waals surface area contributed by atoms with Gasteiger partial charge in [0.2, 0.25) is 0 Å². The van der Waals surface area contributed by atoms with Gasteiger partial charge in [0, 0.05) is 13.1 Å². The van der Waals surface area contributed by atoms with Crippen LogP contribution in [0.2, 0.25) is 0 Å². The normalized spacial score (nSPS) is 11.1. The second-order valence-corrected chi connectivity index (χ2v) is 5.20. The number of carbonyl (C=O) groups is 1. The van der Waals surface area contributed by atoms with E-state index in [9.17, 15) is 9.90 Å². The van der Waals surface area contributed by atoms with Crippen LogP contribution in [0.1, 0.15) is 31.1 Å². The fraction of sp³-hybridized carbons (Fsp3) is 0.533. The summed E-state index contributed by atoms with van der Waals surface area (Å²) in [5.74, 6) is 0.892. The maximum Gasteiger partial charge on any atom is 0.257 e. The van der Waals surface area contributed by atoms with Crippen LogP contribution in [-0.4, -0.2) is 48.8 Å². The van der Waals surface area contributed by atoms with Crippen LogP contribution in [-0.2, 0) is 0 Å². The van der Waals surface area contributed by atoms with E-state index < -0.39 is 5.60 Å². The average molecular weight is 281 g/mol. The SMILES string of the molecule is CCN(CC(C)(C)O)C(=O)c1cc(OC)ccc1OC. The van der Waals surface area contributed by atoms with Crippen molar-refractivity contribution in [2.45, 2.75) is 26.4 Å². The number of ether oxygens (including phenoxy) is 2. The summed E-state index contributed by atoms with van der Waals surface area (Å²) in [5, 5.41) is 9.89. The van der Waals surface area contributed by atoms with Crippen LogP contribution < -0.4 is 9.47 Å². The summed E-state index contributed by atoms with van der Waals surface area (Å²) < 4.78 is 10.4. The Labute approximate surface area is 120 Å². The van der Waals surface area contributed by atoms with E-state index in [1.54, 1.807) is 44.1 Å². The average Bonchev–Trinajstić information content (AvgIpc) is 2.42. The highest BCUT2D eigenvalue weighted by Crippen LogP contribution is 2.25. The Balaban J connectivity index is 3.10. The number of rotatable bonds is 6. The van der Waals surface area contributed by atoms with Gasteiger partial charge in [0.15, 0.2) is 0 Å². The van der Waals surface area contributed by atoms with Gasteiger partial charge < -0.3 is 19.5 Å². The smallest absolute Gasteiger partial charge is 0.257 e. The van der Waals surface area contributed by atoms with Crippen LogP contribution >= 0.6 is 0 Å². The van der Waals surface area contributed by atoms with Crippen molar-refractivity contribution < 1.29 is 19.4 Å². The van der Waals surface area contributed by atoms with Crippen molar-refractivity contribution >= 4 is 5.91 Å². The molecule has 0 saturated carbocycles. The highest BCUT2D eigenvalue weighted by atomic mass is 16.5. The van der Waals surface area contributed by atoms with Crippen molar-refractivity contribution in [3.63, 3.8) is 0 Å². The number of amides is 1. The van der Waals surface area contributed by atoms with Crippen LogP contribution in [0, 0.1) is 0 Å². The Kier molecular flexibility index (Phi) is 5.39. The first kappa shape index (κ1) is 16.3. The largest absolute Gasteiger partial charge is 0.497 e. The first-order valence-corrected chi connectivity index (χ1v) is 6.56. The quantitative estimate of drug-likeness (QED) is 0.865. The highest BCUT2D eigenvalue weighted by molar-refractivity contribution is 5.97. The molecule has 0 radical (unpaired) electrons. The highest BCUT2D eigenvalue weighted by Gasteiger charge is 2.24. The minimum atomic E-state index is -0.947. The zero-order valence-corrected chi connectivity index (χ0v) is 12.8. The summed E-state index contributed by atoms with van der Waals surface area (Å²) in [6, 6.07) is 5.08. The molecule has 0 aromatic heterocycles. The van der Waals surface area contributed by atoms with Crippen molar-refractivity contribution in [3.8, 4) is 11.5 Å². The Morgan fingerprint density at radius 3 is 2.40 bits per heavy atom. The van der Waals surface area contributed by atoms with Crippen LogP contribution in [0.4, 0.5) is 0 Å². The van der Waals surface area contributed by atoms with Gasteiger partial charge in [-0.2, -0.15) is 0 Å². The Hall–Kier alpha value is -1.75. The molecule has 1 amide bonds. The molecule has 0 saturated heterocycles. The number of nitrogens with zero attached hydrogens (tertiary/aromatic N) is 1. The van der Waals surface area contributed by atoms with Gasteiger partial charge in [0.1, 0.15) is 11.5 Å².